The largest absolute Gasteiger partial charge is 0.317 e. The van der Waals surface area contributed by atoms with Crippen molar-refractivity contribution in [2.24, 2.45) is 0 Å². The smallest absolute Gasteiger partial charge is 0.225 e. The Bertz CT molecular complexity index is 555. The fourth-order valence-corrected chi connectivity index (χ4v) is 1.90. The van der Waals surface area contributed by atoms with Gasteiger partial charge in [-0.15, -0.1) is 0 Å². The Morgan fingerprint density at radius 3 is 2.63 bits per heavy atom. The molecule has 0 saturated heterocycles. The predicted molar refractivity (Wildman–Crippen MR) is 78.8 cm³/mol. The molecule has 0 unspecified atom stereocenters. The minimum Gasteiger partial charge on any atom is -0.317 e. The summed E-state index contributed by atoms with van der Waals surface area (Å²) < 4.78 is 0. The Morgan fingerprint density at radius 1 is 1.16 bits per heavy atom. The van der Waals surface area contributed by atoms with Gasteiger partial charge in [0.2, 0.25) is 5.91 Å². The minimum absolute atomic E-state index is 0.0716. The van der Waals surface area contributed by atoms with Crippen molar-refractivity contribution >= 4 is 23.1 Å². The van der Waals surface area contributed by atoms with Gasteiger partial charge in [0.05, 0.1) is 0 Å². The number of rotatable bonds is 4. The monoisotopic (exact) mass is 270 g/mol. The molecule has 2 rings (SSSR count). The van der Waals surface area contributed by atoms with Crippen molar-refractivity contribution in [1.82, 2.24) is 10.3 Å². The lowest BCUT2D eigenvalue weighted by atomic mass is 10.1. The van der Waals surface area contributed by atoms with Crippen LogP contribution in [0.5, 0.6) is 0 Å². The van der Waals surface area contributed by atoms with Gasteiger partial charge in [-0.3, -0.25) is 9.78 Å². The van der Waals surface area contributed by atoms with E-state index in [9.17, 15) is 4.79 Å². The van der Waals surface area contributed by atoms with Crippen molar-refractivity contribution < 1.29 is 4.79 Å². The summed E-state index contributed by atoms with van der Waals surface area (Å²) >= 11 is 5.16. The molecule has 1 amide bonds. The quantitative estimate of drug-likeness (QED) is 0.868. The lowest BCUT2D eigenvalue weighted by molar-refractivity contribution is -0.119. The average molecular weight is 270 g/mol. The highest BCUT2D eigenvalue weighted by atomic mass is 32.1. The second-order valence-corrected chi connectivity index (χ2v) is 4.51. The van der Waals surface area contributed by atoms with E-state index in [4.69, 9.17) is 12.2 Å². The fourth-order valence-electron chi connectivity index (χ4n) is 1.66. The minimum atomic E-state index is -0.0716. The van der Waals surface area contributed by atoms with Crippen LogP contribution in [-0.4, -0.2) is 15.9 Å². The van der Waals surface area contributed by atoms with Crippen LogP contribution in [0, 0.1) is 0 Å². The number of aromatic nitrogens is 1. The molecule has 3 nitrogen and oxygen atoms in total. The molecule has 1 heterocycles. The SMILES string of the molecule is O=C(CCc1ccccc1)NC(=S)c1cccnc1. The number of pyridine rings is 1. The first kappa shape index (κ1) is 13.4. The third-order valence-electron chi connectivity index (χ3n) is 2.66. The molecule has 1 aromatic carbocycles. The van der Waals surface area contributed by atoms with Crippen LogP contribution >= 0.6 is 12.2 Å². The van der Waals surface area contributed by atoms with Gasteiger partial charge in [0.15, 0.2) is 0 Å². The van der Waals surface area contributed by atoms with Crippen molar-refractivity contribution in [3.8, 4) is 0 Å². The average Bonchev–Trinajstić information content (AvgIpc) is 2.47. The summed E-state index contributed by atoms with van der Waals surface area (Å²) in [6.07, 6.45) is 4.44. The van der Waals surface area contributed by atoms with Gasteiger partial charge in [-0.1, -0.05) is 42.5 Å². The number of thiocarbonyl (C=S) groups is 1. The first-order valence-electron chi connectivity index (χ1n) is 6.04. The number of benzene rings is 1. The van der Waals surface area contributed by atoms with Crippen molar-refractivity contribution in [1.29, 1.82) is 0 Å². The Labute approximate surface area is 117 Å². The number of hydrogen-bond donors (Lipinski definition) is 1. The standard InChI is InChI=1S/C15H14N2OS/c18-14(9-8-12-5-2-1-3-6-12)17-15(19)13-7-4-10-16-11-13/h1-7,10-11H,8-9H2,(H,17,18,19). The van der Waals surface area contributed by atoms with Gasteiger partial charge in [0.25, 0.3) is 0 Å². The molecule has 1 aromatic heterocycles. The topological polar surface area (TPSA) is 42.0 Å². The summed E-state index contributed by atoms with van der Waals surface area (Å²) in [6, 6.07) is 13.5. The molecule has 19 heavy (non-hydrogen) atoms. The molecule has 0 aliphatic rings. The van der Waals surface area contributed by atoms with Crippen LogP contribution in [0.25, 0.3) is 0 Å². The molecule has 0 bridgehead atoms. The highest BCUT2D eigenvalue weighted by molar-refractivity contribution is 7.80. The zero-order valence-corrected chi connectivity index (χ0v) is 11.2. The molecule has 0 radical (unpaired) electrons. The molecule has 0 atom stereocenters. The molecule has 0 saturated carbocycles. The van der Waals surface area contributed by atoms with Crippen LogP contribution in [0.2, 0.25) is 0 Å². The van der Waals surface area contributed by atoms with Gasteiger partial charge < -0.3 is 5.32 Å². The third-order valence-corrected chi connectivity index (χ3v) is 3.00. The maximum atomic E-state index is 11.8. The summed E-state index contributed by atoms with van der Waals surface area (Å²) in [6.45, 7) is 0. The van der Waals surface area contributed by atoms with Gasteiger partial charge in [-0.2, -0.15) is 0 Å². The Balaban J connectivity index is 1.83. The second-order valence-electron chi connectivity index (χ2n) is 4.10. The number of hydrogen-bond acceptors (Lipinski definition) is 3. The van der Waals surface area contributed by atoms with Crippen LogP contribution in [0.1, 0.15) is 17.5 Å². The Kier molecular flexibility index (Phi) is 4.75. The number of nitrogens with one attached hydrogen (secondary N) is 1. The van der Waals surface area contributed by atoms with Crippen LogP contribution in [0.4, 0.5) is 0 Å². The first-order valence-corrected chi connectivity index (χ1v) is 6.44. The molecule has 2 aromatic rings. The molecule has 0 spiro atoms. The first-order chi connectivity index (χ1) is 9.25. The van der Waals surface area contributed by atoms with E-state index >= 15 is 0 Å². The molecule has 4 heteroatoms. The van der Waals surface area contributed by atoms with Crippen LogP contribution < -0.4 is 5.32 Å². The summed E-state index contributed by atoms with van der Waals surface area (Å²) in [5, 5.41) is 2.72. The van der Waals surface area contributed by atoms with E-state index in [1.165, 1.54) is 0 Å². The van der Waals surface area contributed by atoms with Gasteiger partial charge in [-0.25, -0.2) is 0 Å². The second kappa shape index (κ2) is 6.75. The number of nitrogens with zero attached hydrogens (tertiary/aromatic N) is 1. The lowest BCUT2D eigenvalue weighted by Crippen LogP contribution is -2.29. The number of carbonyl (C=O) groups excluding carboxylic acids is 1. The molecule has 1 N–H and O–H groups in total. The van der Waals surface area contributed by atoms with Gasteiger partial charge >= 0.3 is 0 Å². The highest BCUT2D eigenvalue weighted by Crippen LogP contribution is 2.03. The Morgan fingerprint density at radius 2 is 1.95 bits per heavy atom. The predicted octanol–water partition coefficient (Wildman–Crippen LogP) is 2.51. The van der Waals surface area contributed by atoms with E-state index in [0.29, 0.717) is 17.8 Å². The fraction of sp³-hybridized carbons (Fsp3) is 0.133. The molecular weight excluding hydrogens is 256 g/mol. The van der Waals surface area contributed by atoms with Gasteiger partial charge in [0, 0.05) is 24.4 Å². The molecule has 96 valence electrons. The van der Waals surface area contributed by atoms with Crippen molar-refractivity contribution in [3.05, 3.63) is 66.0 Å². The summed E-state index contributed by atoms with van der Waals surface area (Å²) in [5.74, 6) is -0.0716. The third kappa shape index (κ3) is 4.26. The zero-order valence-electron chi connectivity index (χ0n) is 10.4. The normalized spacial score (nSPS) is 9.89. The molecule has 0 aliphatic heterocycles. The molecule has 0 fully saturated rings. The lowest BCUT2D eigenvalue weighted by Gasteiger charge is -2.06. The summed E-state index contributed by atoms with van der Waals surface area (Å²) in [4.78, 5) is 16.2. The van der Waals surface area contributed by atoms with E-state index in [1.807, 2.05) is 36.4 Å². The van der Waals surface area contributed by atoms with E-state index in [-0.39, 0.29) is 5.91 Å². The summed E-state index contributed by atoms with van der Waals surface area (Å²) in [5.41, 5.74) is 1.90. The van der Waals surface area contributed by atoms with Crippen molar-refractivity contribution in [2.45, 2.75) is 12.8 Å². The van der Waals surface area contributed by atoms with Crippen molar-refractivity contribution in [3.63, 3.8) is 0 Å². The summed E-state index contributed by atoms with van der Waals surface area (Å²) in [7, 11) is 0. The maximum Gasteiger partial charge on any atom is 0.225 e. The van der Waals surface area contributed by atoms with Gasteiger partial charge in [-0.05, 0) is 24.1 Å². The zero-order chi connectivity index (χ0) is 13.5. The maximum absolute atomic E-state index is 11.8. The number of aryl methyl sites for hydroxylation is 1. The van der Waals surface area contributed by atoms with E-state index in [2.05, 4.69) is 10.3 Å². The van der Waals surface area contributed by atoms with E-state index in [0.717, 1.165) is 11.1 Å². The molecule has 0 aliphatic carbocycles. The van der Waals surface area contributed by atoms with E-state index in [1.54, 1.807) is 18.5 Å². The highest BCUT2D eigenvalue weighted by Gasteiger charge is 2.06. The molecular formula is C15H14N2OS. The van der Waals surface area contributed by atoms with Crippen molar-refractivity contribution in [2.75, 3.05) is 0 Å². The van der Waals surface area contributed by atoms with Crippen LogP contribution in [0.15, 0.2) is 54.9 Å². The van der Waals surface area contributed by atoms with Crippen LogP contribution in [-0.2, 0) is 11.2 Å². The number of carbonyl (C=O) groups is 1. The van der Waals surface area contributed by atoms with Gasteiger partial charge in [0.1, 0.15) is 4.99 Å². The van der Waals surface area contributed by atoms with E-state index < -0.39 is 0 Å². The van der Waals surface area contributed by atoms with Crippen LogP contribution in [0.3, 0.4) is 0 Å². The Hall–Kier alpha value is -2.07. The number of amides is 1.